The van der Waals surface area contributed by atoms with Crippen molar-refractivity contribution in [2.45, 2.75) is 0 Å². The first kappa shape index (κ1) is 9.65. The molecule has 0 aliphatic carbocycles. The maximum absolute atomic E-state index is 11.9. The normalized spacial score (nSPS) is 10.3. The van der Waals surface area contributed by atoms with Crippen LogP contribution in [0, 0.1) is 0 Å². The molecule has 0 N–H and O–H groups in total. The van der Waals surface area contributed by atoms with Crippen molar-refractivity contribution in [3.05, 3.63) is 42.1 Å². The Morgan fingerprint density at radius 2 is 2.00 bits per heavy atom. The van der Waals surface area contributed by atoms with E-state index in [-0.39, 0.29) is 5.91 Å². The standard InChI is InChI=1S/C12H12N2O/c1-14(2)12(15)10-5-3-7-11-9(10)6-4-8-13-11/h3-8H,1-2H3. The molecule has 0 aliphatic heterocycles. The highest BCUT2D eigenvalue weighted by atomic mass is 16.2. The van der Waals surface area contributed by atoms with Gasteiger partial charge in [0.15, 0.2) is 0 Å². The highest BCUT2D eigenvalue weighted by Crippen LogP contribution is 2.17. The van der Waals surface area contributed by atoms with Crippen LogP contribution in [-0.4, -0.2) is 29.9 Å². The first-order valence-electron chi connectivity index (χ1n) is 4.75. The minimum absolute atomic E-state index is 0.00796. The van der Waals surface area contributed by atoms with E-state index in [1.165, 1.54) is 0 Å². The Hall–Kier alpha value is -1.90. The zero-order valence-electron chi connectivity index (χ0n) is 8.77. The minimum atomic E-state index is 0.00796. The second kappa shape index (κ2) is 3.69. The van der Waals surface area contributed by atoms with Gasteiger partial charge in [0.25, 0.3) is 5.91 Å². The van der Waals surface area contributed by atoms with Crippen molar-refractivity contribution in [3.63, 3.8) is 0 Å². The van der Waals surface area contributed by atoms with Crippen molar-refractivity contribution in [1.29, 1.82) is 0 Å². The summed E-state index contributed by atoms with van der Waals surface area (Å²) in [5.41, 5.74) is 1.55. The summed E-state index contributed by atoms with van der Waals surface area (Å²) < 4.78 is 0. The van der Waals surface area contributed by atoms with Crippen LogP contribution in [0.3, 0.4) is 0 Å². The topological polar surface area (TPSA) is 33.2 Å². The van der Waals surface area contributed by atoms with Gasteiger partial charge in [-0.25, -0.2) is 0 Å². The SMILES string of the molecule is CN(C)C(=O)c1cccc2ncccc12. The number of amides is 1. The van der Waals surface area contributed by atoms with Gasteiger partial charge in [-0.15, -0.1) is 0 Å². The van der Waals surface area contributed by atoms with E-state index in [4.69, 9.17) is 0 Å². The van der Waals surface area contributed by atoms with Gasteiger partial charge in [-0.1, -0.05) is 12.1 Å². The van der Waals surface area contributed by atoms with Crippen molar-refractivity contribution in [1.82, 2.24) is 9.88 Å². The minimum Gasteiger partial charge on any atom is -0.345 e. The van der Waals surface area contributed by atoms with Gasteiger partial charge < -0.3 is 4.90 Å². The molecule has 0 bridgehead atoms. The molecule has 2 aromatic rings. The van der Waals surface area contributed by atoms with E-state index < -0.39 is 0 Å². The zero-order valence-corrected chi connectivity index (χ0v) is 8.77. The van der Waals surface area contributed by atoms with Crippen LogP contribution in [0.25, 0.3) is 10.9 Å². The number of benzene rings is 1. The number of hydrogen-bond acceptors (Lipinski definition) is 2. The average molecular weight is 200 g/mol. The summed E-state index contributed by atoms with van der Waals surface area (Å²) in [6.07, 6.45) is 1.73. The van der Waals surface area contributed by atoms with Gasteiger partial charge in [0.05, 0.1) is 5.52 Å². The molecule has 0 radical (unpaired) electrons. The highest BCUT2D eigenvalue weighted by Gasteiger charge is 2.11. The van der Waals surface area contributed by atoms with Crippen molar-refractivity contribution in [2.24, 2.45) is 0 Å². The van der Waals surface area contributed by atoms with Crippen LogP contribution in [0.5, 0.6) is 0 Å². The average Bonchev–Trinajstić information content (AvgIpc) is 2.27. The Labute approximate surface area is 88.3 Å². The lowest BCUT2D eigenvalue weighted by Gasteiger charge is -2.11. The van der Waals surface area contributed by atoms with Crippen LogP contribution >= 0.6 is 0 Å². The lowest BCUT2D eigenvalue weighted by Crippen LogP contribution is -2.21. The number of nitrogens with zero attached hydrogens (tertiary/aromatic N) is 2. The molecule has 1 aromatic heterocycles. The maximum Gasteiger partial charge on any atom is 0.254 e. The number of aromatic nitrogens is 1. The molecule has 0 spiro atoms. The van der Waals surface area contributed by atoms with Crippen molar-refractivity contribution in [2.75, 3.05) is 14.1 Å². The summed E-state index contributed by atoms with van der Waals surface area (Å²) in [4.78, 5) is 17.6. The summed E-state index contributed by atoms with van der Waals surface area (Å²) in [5.74, 6) is 0.00796. The molecule has 0 aliphatic rings. The van der Waals surface area contributed by atoms with Crippen molar-refractivity contribution in [3.8, 4) is 0 Å². The molecule has 0 saturated carbocycles. The molecule has 76 valence electrons. The second-order valence-electron chi connectivity index (χ2n) is 3.58. The quantitative estimate of drug-likeness (QED) is 0.704. The number of fused-ring (bicyclic) bond motifs is 1. The van der Waals surface area contributed by atoms with E-state index in [1.807, 2.05) is 30.3 Å². The number of carbonyl (C=O) groups excluding carboxylic acids is 1. The van der Waals surface area contributed by atoms with Gasteiger partial charge >= 0.3 is 0 Å². The van der Waals surface area contributed by atoms with Gasteiger partial charge in [-0.3, -0.25) is 9.78 Å². The number of hydrogen-bond donors (Lipinski definition) is 0. The van der Waals surface area contributed by atoms with Gasteiger partial charge in [-0.2, -0.15) is 0 Å². The van der Waals surface area contributed by atoms with Gasteiger partial charge in [0.1, 0.15) is 0 Å². The van der Waals surface area contributed by atoms with Crippen LogP contribution in [0.4, 0.5) is 0 Å². The number of carbonyl (C=O) groups is 1. The monoisotopic (exact) mass is 200 g/mol. The van der Waals surface area contributed by atoms with Crippen molar-refractivity contribution < 1.29 is 4.79 Å². The van der Waals surface area contributed by atoms with E-state index in [0.29, 0.717) is 5.56 Å². The van der Waals surface area contributed by atoms with E-state index in [9.17, 15) is 4.79 Å². The van der Waals surface area contributed by atoms with Crippen LogP contribution in [0.2, 0.25) is 0 Å². The summed E-state index contributed by atoms with van der Waals surface area (Å²) >= 11 is 0. The zero-order chi connectivity index (χ0) is 10.8. The molecular formula is C12H12N2O. The Morgan fingerprint density at radius 3 is 2.73 bits per heavy atom. The molecular weight excluding hydrogens is 188 g/mol. The fourth-order valence-electron chi connectivity index (χ4n) is 1.53. The smallest absolute Gasteiger partial charge is 0.254 e. The Balaban J connectivity index is 2.66. The molecule has 1 aromatic carbocycles. The third kappa shape index (κ3) is 1.68. The Morgan fingerprint density at radius 1 is 1.20 bits per heavy atom. The molecule has 0 unspecified atom stereocenters. The van der Waals surface area contributed by atoms with E-state index >= 15 is 0 Å². The summed E-state index contributed by atoms with van der Waals surface area (Å²) in [7, 11) is 3.50. The third-order valence-electron chi connectivity index (χ3n) is 2.28. The van der Waals surface area contributed by atoms with E-state index in [2.05, 4.69) is 4.98 Å². The van der Waals surface area contributed by atoms with E-state index in [0.717, 1.165) is 10.9 Å². The van der Waals surface area contributed by atoms with Gasteiger partial charge in [-0.05, 0) is 18.2 Å². The predicted octanol–water partition coefficient (Wildman–Crippen LogP) is 1.94. The first-order chi connectivity index (χ1) is 7.20. The Kier molecular flexibility index (Phi) is 2.37. The molecule has 15 heavy (non-hydrogen) atoms. The summed E-state index contributed by atoms with van der Waals surface area (Å²) in [5, 5.41) is 0.902. The van der Waals surface area contributed by atoms with Gasteiger partial charge in [0, 0.05) is 31.2 Å². The molecule has 3 nitrogen and oxygen atoms in total. The number of rotatable bonds is 1. The lowest BCUT2D eigenvalue weighted by atomic mass is 10.1. The molecule has 3 heteroatoms. The molecule has 0 fully saturated rings. The van der Waals surface area contributed by atoms with Crippen LogP contribution in [0.15, 0.2) is 36.5 Å². The predicted molar refractivity (Wildman–Crippen MR) is 59.8 cm³/mol. The van der Waals surface area contributed by atoms with Gasteiger partial charge in [0.2, 0.25) is 0 Å². The lowest BCUT2D eigenvalue weighted by molar-refractivity contribution is 0.0829. The molecule has 1 heterocycles. The fourth-order valence-corrected chi connectivity index (χ4v) is 1.53. The summed E-state index contributed by atoms with van der Waals surface area (Å²) in [6, 6.07) is 9.34. The largest absolute Gasteiger partial charge is 0.345 e. The summed E-state index contributed by atoms with van der Waals surface area (Å²) in [6.45, 7) is 0. The van der Waals surface area contributed by atoms with Crippen molar-refractivity contribution >= 4 is 16.8 Å². The molecule has 0 atom stereocenters. The maximum atomic E-state index is 11.9. The second-order valence-corrected chi connectivity index (χ2v) is 3.58. The molecule has 2 rings (SSSR count). The first-order valence-corrected chi connectivity index (χ1v) is 4.75. The Bertz CT molecular complexity index is 500. The molecule has 1 amide bonds. The van der Waals surface area contributed by atoms with E-state index in [1.54, 1.807) is 25.2 Å². The molecule has 0 saturated heterocycles. The van der Waals surface area contributed by atoms with Crippen LogP contribution in [0.1, 0.15) is 10.4 Å². The van der Waals surface area contributed by atoms with Crippen LogP contribution < -0.4 is 0 Å². The highest BCUT2D eigenvalue weighted by molar-refractivity contribution is 6.05. The third-order valence-corrected chi connectivity index (χ3v) is 2.28. The number of pyridine rings is 1. The fraction of sp³-hybridized carbons (Fsp3) is 0.167. The van der Waals surface area contributed by atoms with Crippen LogP contribution in [-0.2, 0) is 0 Å².